The zero-order valence-corrected chi connectivity index (χ0v) is 9.81. The number of halogens is 1. The minimum absolute atomic E-state index is 0.247. The van der Waals surface area contributed by atoms with Crippen LogP contribution < -0.4 is 5.73 Å². The third kappa shape index (κ3) is 2.25. The van der Waals surface area contributed by atoms with E-state index in [2.05, 4.69) is 9.97 Å². The molecule has 2 aromatic rings. The second-order valence-corrected chi connectivity index (χ2v) is 4.47. The van der Waals surface area contributed by atoms with Gasteiger partial charge in [-0.3, -0.25) is 0 Å². The van der Waals surface area contributed by atoms with E-state index in [1.165, 1.54) is 12.1 Å². The van der Waals surface area contributed by atoms with Gasteiger partial charge in [-0.05, 0) is 31.5 Å². The molecule has 1 aromatic carbocycles. The third-order valence-corrected chi connectivity index (χ3v) is 2.80. The summed E-state index contributed by atoms with van der Waals surface area (Å²) in [5.74, 6) is 0.418. The van der Waals surface area contributed by atoms with Gasteiger partial charge in [0.25, 0.3) is 0 Å². The molecule has 0 saturated heterocycles. The Morgan fingerprint density at radius 2 is 1.59 bits per heavy atom. The van der Waals surface area contributed by atoms with Crippen molar-refractivity contribution >= 4 is 5.69 Å². The molecule has 0 aliphatic rings. The molecule has 3 nitrogen and oxygen atoms in total. The minimum atomic E-state index is -0.374. The van der Waals surface area contributed by atoms with E-state index < -0.39 is 0 Å². The van der Waals surface area contributed by atoms with Gasteiger partial charge in [0.1, 0.15) is 11.6 Å². The SMILES string of the molecule is CC(C)(c1ccc(F)cc1)c1ncc(N)cn1. The molecule has 1 aromatic heterocycles. The maximum atomic E-state index is 12.9. The first-order valence-electron chi connectivity index (χ1n) is 5.34. The Kier molecular flexibility index (Phi) is 2.79. The summed E-state index contributed by atoms with van der Waals surface area (Å²) in [6.07, 6.45) is 3.15. The summed E-state index contributed by atoms with van der Waals surface area (Å²) in [7, 11) is 0. The number of anilines is 1. The highest BCUT2D eigenvalue weighted by Crippen LogP contribution is 2.28. The van der Waals surface area contributed by atoms with Crippen molar-refractivity contribution < 1.29 is 4.39 Å². The molecule has 0 aliphatic carbocycles. The summed E-state index contributed by atoms with van der Waals surface area (Å²) in [6.45, 7) is 3.98. The van der Waals surface area contributed by atoms with Gasteiger partial charge >= 0.3 is 0 Å². The Morgan fingerprint density at radius 3 is 2.12 bits per heavy atom. The summed E-state index contributed by atoms with van der Waals surface area (Å²) in [6, 6.07) is 6.37. The molecule has 0 spiro atoms. The zero-order chi connectivity index (χ0) is 12.5. The Morgan fingerprint density at radius 1 is 1.06 bits per heavy atom. The van der Waals surface area contributed by atoms with E-state index in [0.717, 1.165) is 5.56 Å². The van der Waals surface area contributed by atoms with E-state index in [1.54, 1.807) is 24.5 Å². The number of hydrogen-bond donors (Lipinski definition) is 1. The van der Waals surface area contributed by atoms with E-state index in [9.17, 15) is 4.39 Å². The fourth-order valence-electron chi connectivity index (χ4n) is 1.66. The normalized spacial score (nSPS) is 11.5. The van der Waals surface area contributed by atoms with Crippen LogP contribution in [0.3, 0.4) is 0 Å². The number of nitrogen functional groups attached to an aromatic ring is 1. The summed E-state index contributed by atoms with van der Waals surface area (Å²) >= 11 is 0. The number of aromatic nitrogens is 2. The van der Waals surface area contributed by atoms with Crippen molar-refractivity contribution in [2.45, 2.75) is 19.3 Å². The lowest BCUT2D eigenvalue weighted by Crippen LogP contribution is -2.22. The molecule has 4 heteroatoms. The van der Waals surface area contributed by atoms with Crippen molar-refractivity contribution in [2.24, 2.45) is 0 Å². The van der Waals surface area contributed by atoms with Crippen LogP contribution in [0.5, 0.6) is 0 Å². The molecule has 88 valence electrons. The van der Waals surface area contributed by atoms with Crippen LogP contribution in [0.1, 0.15) is 25.2 Å². The van der Waals surface area contributed by atoms with E-state index in [-0.39, 0.29) is 11.2 Å². The van der Waals surface area contributed by atoms with Crippen LogP contribution in [0, 0.1) is 5.82 Å². The van der Waals surface area contributed by atoms with E-state index in [4.69, 9.17) is 5.73 Å². The maximum absolute atomic E-state index is 12.9. The van der Waals surface area contributed by atoms with Gasteiger partial charge in [0.05, 0.1) is 18.1 Å². The first-order valence-corrected chi connectivity index (χ1v) is 5.34. The summed E-state index contributed by atoms with van der Waals surface area (Å²) < 4.78 is 12.9. The standard InChI is InChI=1S/C13H14FN3/c1-13(2,9-3-5-10(14)6-4-9)12-16-7-11(15)8-17-12/h3-8H,15H2,1-2H3. The molecule has 0 unspecified atom stereocenters. The lowest BCUT2D eigenvalue weighted by Gasteiger charge is -2.23. The molecule has 0 radical (unpaired) electrons. The first-order chi connectivity index (χ1) is 8.00. The van der Waals surface area contributed by atoms with E-state index in [1.807, 2.05) is 13.8 Å². The molecular formula is C13H14FN3. The first kappa shape index (κ1) is 11.5. The van der Waals surface area contributed by atoms with Crippen LogP contribution in [0.15, 0.2) is 36.7 Å². The molecule has 2 N–H and O–H groups in total. The van der Waals surface area contributed by atoms with Crippen molar-refractivity contribution in [3.05, 3.63) is 53.9 Å². The average Bonchev–Trinajstić information content (AvgIpc) is 2.30. The smallest absolute Gasteiger partial charge is 0.138 e. The second kappa shape index (κ2) is 4.13. The quantitative estimate of drug-likeness (QED) is 0.864. The summed E-state index contributed by atoms with van der Waals surface area (Å²) in [5, 5.41) is 0. The van der Waals surface area contributed by atoms with Crippen molar-refractivity contribution in [3.63, 3.8) is 0 Å². The largest absolute Gasteiger partial charge is 0.396 e. The summed E-state index contributed by atoms with van der Waals surface area (Å²) in [4.78, 5) is 8.44. The van der Waals surface area contributed by atoms with Gasteiger partial charge in [-0.1, -0.05) is 12.1 Å². The van der Waals surface area contributed by atoms with Crippen LogP contribution in [-0.4, -0.2) is 9.97 Å². The van der Waals surface area contributed by atoms with Crippen molar-refractivity contribution in [2.75, 3.05) is 5.73 Å². The predicted octanol–water partition coefficient (Wildman–Crippen LogP) is 2.52. The molecule has 2 rings (SSSR count). The van der Waals surface area contributed by atoms with Gasteiger partial charge < -0.3 is 5.73 Å². The van der Waals surface area contributed by atoms with Crippen LogP contribution in [0.25, 0.3) is 0 Å². The second-order valence-electron chi connectivity index (χ2n) is 4.47. The van der Waals surface area contributed by atoms with Gasteiger partial charge in [-0.2, -0.15) is 0 Å². The van der Waals surface area contributed by atoms with Gasteiger partial charge in [-0.15, -0.1) is 0 Å². The number of rotatable bonds is 2. The molecule has 0 aliphatic heterocycles. The van der Waals surface area contributed by atoms with Gasteiger partial charge in [-0.25, -0.2) is 14.4 Å². The summed E-state index contributed by atoms with van der Waals surface area (Å²) in [5.41, 5.74) is 6.67. The third-order valence-electron chi connectivity index (χ3n) is 2.80. The topological polar surface area (TPSA) is 51.8 Å². The van der Waals surface area contributed by atoms with Crippen molar-refractivity contribution in [3.8, 4) is 0 Å². The van der Waals surface area contributed by atoms with Crippen LogP contribution in [-0.2, 0) is 5.41 Å². The van der Waals surface area contributed by atoms with Crippen LogP contribution in [0.2, 0.25) is 0 Å². The van der Waals surface area contributed by atoms with Crippen LogP contribution in [0.4, 0.5) is 10.1 Å². The van der Waals surface area contributed by atoms with E-state index in [0.29, 0.717) is 11.5 Å². The van der Waals surface area contributed by atoms with Crippen molar-refractivity contribution in [1.82, 2.24) is 9.97 Å². The molecule has 0 amide bonds. The molecule has 17 heavy (non-hydrogen) atoms. The number of nitrogens with two attached hydrogens (primary N) is 1. The highest BCUT2D eigenvalue weighted by atomic mass is 19.1. The molecule has 0 fully saturated rings. The van der Waals surface area contributed by atoms with Crippen LogP contribution >= 0.6 is 0 Å². The highest BCUT2D eigenvalue weighted by Gasteiger charge is 2.26. The van der Waals surface area contributed by atoms with Gasteiger partial charge in [0.15, 0.2) is 0 Å². The average molecular weight is 231 g/mol. The lowest BCUT2D eigenvalue weighted by molar-refractivity contribution is 0.583. The molecule has 0 bridgehead atoms. The minimum Gasteiger partial charge on any atom is -0.396 e. The van der Waals surface area contributed by atoms with Gasteiger partial charge in [0, 0.05) is 5.41 Å². The predicted molar refractivity (Wildman–Crippen MR) is 65.0 cm³/mol. The molecular weight excluding hydrogens is 217 g/mol. The molecule has 1 heterocycles. The Hall–Kier alpha value is -1.97. The van der Waals surface area contributed by atoms with Gasteiger partial charge in [0.2, 0.25) is 0 Å². The van der Waals surface area contributed by atoms with Crippen molar-refractivity contribution in [1.29, 1.82) is 0 Å². The Bertz CT molecular complexity index is 456. The Labute approximate surface area is 99.5 Å². The fraction of sp³-hybridized carbons (Fsp3) is 0.231. The number of nitrogens with zero attached hydrogens (tertiary/aromatic N) is 2. The highest BCUT2D eigenvalue weighted by molar-refractivity contribution is 5.35. The number of benzene rings is 1. The zero-order valence-electron chi connectivity index (χ0n) is 9.81. The molecule has 0 saturated carbocycles. The fourth-order valence-corrected chi connectivity index (χ4v) is 1.66. The monoisotopic (exact) mass is 231 g/mol. The van der Waals surface area contributed by atoms with E-state index >= 15 is 0 Å². The maximum Gasteiger partial charge on any atom is 0.138 e. The lowest BCUT2D eigenvalue weighted by atomic mass is 9.84. The number of hydrogen-bond acceptors (Lipinski definition) is 3. The Balaban J connectivity index is 2.41. The molecule has 0 atom stereocenters.